The molecule has 0 amide bonds. The molecule has 0 aromatic heterocycles. The molecule has 5 rings (SSSR count). The third-order valence-corrected chi connectivity index (χ3v) is 6.48. The number of hydrogen-bond acceptors (Lipinski definition) is 4. The number of ether oxygens (including phenoxy) is 1. The highest BCUT2D eigenvalue weighted by molar-refractivity contribution is 6.17. The molecule has 32 heavy (non-hydrogen) atoms. The largest absolute Gasteiger partial charge is 0.431 e. The molecule has 3 atom stereocenters. The zero-order valence-electron chi connectivity index (χ0n) is 17.6. The molecule has 2 aliphatic rings. The highest BCUT2D eigenvalue weighted by Crippen LogP contribution is 2.54. The first kappa shape index (κ1) is 20.1. The summed E-state index contributed by atoms with van der Waals surface area (Å²) in [5, 5.41) is 0. The second-order valence-electron chi connectivity index (χ2n) is 8.34. The van der Waals surface area contributed by atoms with Gasteiger partial charge in [-0.25, -0.2) is 0 Å². The zero-order valence-corrected chi connectivity index (χ0v) is 17.6. The molecule has 0 saturated carbocycles. The predicted molar refractivity (Wildman–Crippen MR) is 120 cm³/mol. The number of hydrogen-bond donors (Lipinski definition) is 0. The number of carbonyl (C=O) groups is 3. The second kappa shape index (κ2) is 8.04. The van der Waals surface area contributed by atoms with E-state index in [2.05, 4.69) is 0 Å². The molecule has 0 N–H and O–H groups in total. The van der Waals surface area contributed by atoms with Gasteiger partial charge in [0.2, 0.25) is 0 Å². The van der Waals surface area contributed by atoms with Crippen molar-refractivity contribution >= 4 is 17.5 Å². The highest BCUT2D eigenvalue weighted by Gasteiger charge is 2.53. The molecular formula is C28H22O4. The Labute approximate surface area is 186 Å². The van der Waals surface area contributed by atoms with Crippen LogP contribution in [-0.4, -0.2) is 17.5 Å². The number of rotatable bonds is 5. The molecule has 1 heterocycles. The van der Waals surface area contributed by atoms with Crippen molar-refractivity contribution in [1.29, 1.82) is 0 Å². The Balaban J connectivity index is 1.69. The van der Waals surface area contributed by atoms with Crippen LogP contribution in [0.2, 0.25) is 0 Å². The van der Waals surface area contributed by atoms with Crippen LogP contribution in [0.3, 0.4) is 0 Å². The molecule has 0 radical (unpaired) electrons. The molecule has 4 nitrogen and oxygen atoms in total. The third kappa shape index (κ3) is 3.28. The van der Waals surface area contributed by atoms with E-state index in [4.69, 9.17) is 4.74 Å². The highest BCUT2D eigenvalue weighted by atomic mass is 16.5. The Bertz CT molecular complexity index is 1180. The van der Waals surface area contributed by atoms with Gasteiger partial charge >= 0.3 is 5.97 Å². The Morgan fingerprint density at radius 1 is 0.750 bits per heavy atom. The first-order chi connectivity index (χ1) is 15.6. The zero-order chi connectivity index (χ0) is 22.2. The Hall–Kier alpha value is -3.79. The van der Waals surface area contributed by atoms with E-state index in [1.165, 1.54) is 0 Å². The van der Waals surface area contributed by atoms with Gasteiger partial charge in [0.1, 0.15) is 5.76 Å². The first-order valence-corrected chi connectivity index (χ1v) is 10.7. The maximum atomic E-state index is 13.8. The number of Topliss-reactive ketones (excluding diaryl/α,β-unsaturated/α-hetero) is 2. The molecule has 0 bridgehead atoms. The minimum Gasteiger partial charge on any atom is -0.431 e. The molecule has 0 saturated heterocycles. The van der Waals surface area contributed by atoms with Crippen LogP contribution in [0.5, 0.6) is 0 Å². The Morgan fingerprint density at radius 3 is 1.81 bits per heavy atom. The van der Waals surface area contributed by atoms with E-state index in [1.54, 1.807) is 55.5 Å². The number of ketones is 2. The van der Waals surface area contributed by atoms with Crippen LogP contribution < -0.4 is 0 Å². The Kier molecular flexibility index (Phi) is 5.06. The topological polar surface area (TPSA) is 60.4 Å². The lowest BCUT2D eigenvalue weighted by Gasteiger charge is -2.30. The summed E-state index contributed by atoms with van der Waals surface area (Å²) in [6, 6.07) is 25.4. The van der Waals surface area contributed by atoms with Gasteiger partial charge in [0.05, 0.1) is 11.8 Å². The molecule has 0 fully saturated rings. The maximum absolute atomic E-state index is 13.8. The van der Waals surface area contributed by atoms with E-state index < -0.39 is 17.8 Å². The summed E-state index contributed by atoms with van der Waals surface area (Å²) in [4.78, 5) is 40.7. The van der Waals surface area contributed by atoms with E-state index in [-0.39, 0.29) is 23.5 Å². The summed E-state index contributed by atoms with van der Waals surface area (Å²) in [6.07, 6.45) is 1.93. The van der Waals surface area contributed by atoms with Gasteiger partial charge in [-0.2, -0.15) is 0 Å². The summed E-state index contributed by atoms with van der Waals surface area (Å²) in [5.41, 5.74) is 2.76. The van der Waals surface area contributed by atoms with Crippen LogP contribution in [0.1, 0.15) is 50.6 Å². The summed E-state index contributed by atoms with van der Waals surface area (Å²) >= 11 is 0. The molecule has 1 aliphatic carbocycles. The fourth-order valence-corrected chi connectivity index (χ4v) is 5.12. The van der Waals surface area contributed by atoms with Crippen molar-refractivity contribution in [1.82, 2.24) is 0 Å². The fraction of sp³-hybridized carbons (Fsp3) is 0.179. The molecule has 0 unspecified atom stereocenters. The van der Waals surface area contributed by atoms with Crippen molar-refractivity contribution in [2.24, 2.45) is 11.8 Å². The van der Waals surface area contributed by atoms with Crippen molar-refractivity contribution in [3.8, 4) is 0 Å². The van der Waals surface area contributed by atoms with Gasteiger partial charge in [-0.3, -0.25) is 14.4 Å². The molecule has 3 aromatic carbocycles. The number of cyclic esters (lactones) is 1. The van der Waals surface area contributed by atoms with Crippen LogP contribution in [0.15, 0.2) is 96.8 Å². The van der Waals surface area contributed by atoms with Crippen LogP contribution in [0.25, 0.3) is 0 Å². The van der Waals surface area contributed by atoms with E-state index in [0.717, 1.165) is 11.1 Å². The summed E-state index contributed by atoms with van der Waals surface area (Å²) in [7, 11) is 0. The minimum atomic E-state index is -1.03. The lowest BCUT2D eigenvalue weighted by atomic mass is 9.72. The second-order valence-corrected chi connectivity index (χ2v) is 8.34. The van der Waals surface area contributed by atoms with Gasteiger partial charge in [0.25, 0.3) is 0 Å². The average molecular weight is 422 g/mol. The predicted octanol–water partition coefficient (Wildman–Crippen LogP) is 5.33. The van der Waals surface area contributed by atoms with Crippen molar-refractivity contribution in [2.75, 3.05) is 0 Å². The molecule has 4 heteroatoms. The number of fused-ring (bicyclic) bond motifs is 3. The van der Waals surface area contributed by atoms with Crippen molar-refractivity contribution in [3.05, 3.63) is 119 Å². The van der Waals surface area contributed by atoms with E-state index in [1.807, 2.05) is 42.5 Å². The monoisotopic (exact) mass is 422 g/mol. The van der Waals surface area contributed by atoms with Gasteiger partial charge in [0, 0.05) is 23.0 Å². The Morgan fingerprint density at radius 2 is 1.25 bits per heavy atom. The molecule has 0 spiro atoms. The van der Waals surface area contributed by atoms with E-state index >= 15 is 0 Å². The van der Waals surface area contributed by atoms with Crippen molar-refractivity contribution in [3.63, 3.8) is 0 Å². The number of esters is 1. The fourth-order valence-electron chi connectivity index (χ4n) is 5.12. The smallest absolute Gasteiger partial charge is 0.315 e. The lowest BCUT2D eigenvalue weighted by Crippen LogP contribution is -2.37. The summed E-state index contributed by atoms with van der Waals surface area (Å²) in [5.74, 6) is -2.87. The van der Waals surface area contributed by atoms with Gasteiger partial charge in [-0.15, -0.1) is 0 Å². The standard InChI is InChI=1S/C28H22O4/c1-17-16-22-20-14-8-9-15-21(20)23(24(22)28(31)32-17)25(26(29)18-10-4-2-5-11-18)27(30)19-12-6-3-7-13-19/h2-16,22-25H,1H3/t22-,23-,24-/m0/s1. The van der Waals surface area contributed by atoms with Crippen LogP contribution >= 0.6 is 0 Å². The normalized spacial score (nSPS) is 21.4. The molecule has 158 valence electrons. The lowest BCUT2D eigenvalue weighted by molar-refractivity contribution is -0.146. The van der Waals surface area contributed by atoms with Gasteiger partial charge < -0.3 is 4.74 Å². The first-order valence-electron chi connectivity index (χ1n) is 10.7. The van der Waals surface area contributed by atoms with Crippen LogP contribution in [0.4, 0.5) is 0 Å². The average Bonchev–Trinajstić information content (AvgIpc) is 3.15. The number of benzene rings is 3. The molecular weight excluding hydrogens is 400 g/mol. The molecule has 1 aliphatic heterocycles. The van der Waals surface area contributed by atoms with Gasteiger partial charge in [0.15, 0.2) is 11.6 Å². The van der Waals surface area contributed by atoms with Gasteiger partial charge in [-0.05, 0) is 24.1 Å². The minimum absolute atomic E-state index is 0.216. The van der Waals surface area contributed by atoms with Crippen LogP contribution in [0, 0.1) is 11.8 Å². The SMILES string of the molecule is CC1=C[C@H]2c3ccccc3[C@H](C(C(=O)c3ccccc3)C(=O)c3ccccc3)[C@H]2C(=O)O1. The van der Waals surface area contributed by atoms with E-state index in [0.29, 0.717) is 16.9 Å². The van der Waals surface area contributed by atoms with E-state index in [9.17, 15) is 14.4 Å². The van der Waals surface area contributed by atoms with Crippen LogP contribution in [-0.2, 0) is 9.53 Å². The number of allylic oxidation sites excluding steroid dienone is 2. The maximum Gasteiger partial charge on any atom is 0.315 e. The summed E-state index contributed by atoms with van der Waals surface area (Å²) < 4.78 is 5.48. The quantitative estimate of drug-likeness (QED) is 0.317. The van der Waals surface area contributed by atoms with Crippen molar-refractivity contribution in [2.45, 2.75) is 18.8 Å². The molecule has 3 aromatic rings. The van der Waals surface area contributed by atoms with Gasteiger partial charge in [-0.1, -0.05) is 84.9 Å². The summed E-state index contributed by atoms with van der Waals surface area (Å²) in [6.45, 7) is 1.76. The van der Waals surface area contributed by atoms with Crippen molar-refractivity contribution < 1.29 is 19.1 Å². The number of carbonyl (C=O) groups excluding carboxylic acids is 3. The third-order valence-electron chi connectivity index (χ3n) is 6.48.